The van der Waals surface area contributed by atoms with Gasteiger partial charge in [-0.25, -0.2) is 9.63 Å². The number of hydrogen-bond donors (Lipinski definition) is 1. The van der Waals surface area contributed by atoms with Crippen molar-refractivity contribution in [2.24, 2.45) is 5.10 Å². The van der Waals surface area contributed by atoms with Gasteiger partial charge in [0.05, 0.1) is 21.2 Å². The Morgan fingerprint density at radius 2 is 1.82 bits per heavy atom. The van der Waals surface area contributed by atoms with Gasteiger partial charge in [0.2, 0.25) is 0 Å². The Balaban J connectivity index is 1.62. The summed E-state index contributed by atoms with van der Waals surface area (Å²) in [4.78, 5) is 14.4. The first-order chi connectivity index (χ1) is 13.3. The third kappa shape index (κ3) is 5.11. The van der Waals surface area contributed by atoms with Gasteiger partial charge in [-0.3, -0.25) is 0 Å². The molecule has 0 spiro atoms. The van der Waals surface area contributed by atoms with E-state index in [9.17, 15) is 13.2 Å². The molecular weight excluding hydrogens is 443 g/mol. The van der Waals surface area contributed by atoms with Gasteiger partial charge in [-0.15, -0.1) is 11.3 Å². The Morgan fingerprint density at radius 1 is 1.07 bits per heavy atom. The van der Waals surface area contributed by atoms with Crippen LogP contribution in [0.2, 0.25) is 10.0 Å². The van der Waals surface area contributed by atoms with E-state index < -0.39 is 16.0 Å². The van der Waals surface area contributed by atoms with Crippen molar-refractivity contribution < 1.29 is 17.9 Å². The third-order valence-corrected chi connectivity index (χ3v) is 6.21. The van der Waals surface area contributed by atoms with Crippen molar-refractivity contribution >= 4 is 56.7 Å². The van der Waals surface area contributed by atoms with E-state index in [-0.39, 0.29) is 14.9 Å². The number of carbonyl (C=O) groups excluding carboxylic acids is 1. The van der Waals surface area contributed by atoms with Gasteiger partial charge in [0, 0.05) is 0 Å². The van der Waals surface area contributed by atoms with Crippen LogP contribution in [0.1, 0.15) is 15.2 Å². The molecule has 0 aliphatic heterocycles. The zero-order valence-electron chi connectivity index (χ0n) is 14.0. The van der Waals surface area contributed by atoms with E-state index in [0.717, 1.165) is 0 Å². The average Bonchev–Trinajstić information content (AvgIpc) is 3.20. The van der Waals surface area contributed by atoms with Crippen molar-refractivity contribution in [1.29, 1.82) is 0 Å². The summed E-state index contributed by atoms with van der Waals surface area (Å²) in [6.07, 6.45) is 1.32. The van der Waals surface area contributed by atoms with Crippen molar-refractivity contribution in [3.8, 4) is 5.75 Å². The molecule has 144 valence electrons. The molecule has 1 aromatic heterocycles. The fourth-order valence-corrected chi connectivity index (χ4v) is 3.82. The zero-order chi connectivity index (χ0) is 20.1. The van der Waals surface area contributed by atoms with Crippen LogP contribution in [-0.4, -0.2) is 20.6 Å². The summed E-state index contributed by atoms with van der Waals surface area (Å²) >= 11 is 12.9. The molecule has 3 rings (SSSR count). The first-order valence-electron chi connectivity index (χ1n) is 7.71. The molecule has 1 heterocycles. The fraction of sp³-hybridized carbons (Fsp3) is 0. The van der Waals surface area contributed by atoms with Crippen LogP contribution >= 0.6 is 34.5 Å². The summed E-state index contributed by atoms with van der Waals surface area (Å²) < 4.78 is 29.6. The fourth-order valence-electron chi connectivity index (χ4n) is 2.04. The topological polar surface area (TPSA) is 84.8 Å². The first-order valence-corrected chi connectivity index (χ1v) is 10.8. The lowest BCUT2D eigenvalue weighted by Crippen LogP contribution is -2.18. The van der Waals surface area contributed by atoms with Crippen LogP contribution in [0.5, 0.6) is 5.75 Å². The highest BCUT2D eigenvalue weighted by Gasteiger charge is 2.14. The maximum absolute atomic E-state index is 12.2. The Morgan fingerprint density at radius 3 is 2.46 bits per heavy atom. The summed E-state index contributed by atoms with van der Waals surface area (Å²) in [6.45, 7) is 0. The lowest BCUT2D eigenvalue weighted by molar-refractivity contribution is 0.0740. The highest BCUT2D eigenvalue weighted by Crippen LogP contribution is 2.24. The number of nitrogens with one attached hydrogen (secondary N) is 1. The molecule has 0 radical (unpaired) electrons. The largest absolute Gasteiger partial charge is 0.422 e. The van der Waals surface area contributed by atoms with Crippen LogP contribution < -0.4 is 9.57 Å². The Hall–Kier alpha value is -2.39. The molecule has 3 aromatic rings. The van der Waals surface area contributed by atoms with E-state index in [0.29, 0.717) is 16.2 Å². The van der Waals surface area contributed by atoms with Crippen molar-refractivity contribution in [2.75, 3.05) is 0 Å². The van der Waals surface area contributed by atoms with Gasteiger partial charge in [0.15, 0.2) is 0 Å². The second-order valence-electron chi connectivity index (χ2n) is 5.36. The molecule has 0 amide bonds. The average molecular weight is 455 g/mol. The number of sulfonamides is 1. The van der Waals surface area contributed by atoms with Crippen molar-refractivity contribution in [1.82, 2.24) is 4.83 Å². The molecule has 0 saturated heterocycles. The van der Waals surface area contributed by atoms with Crippen LogP contribution in [-0.2, 0) is 10.0 Å². The van der Waals surface area contributed by atoms with Crippen LogP contribution in [0.4, 0.5) is 0 Å². The lowest BCUT2D eigenvalue weighted by Gasteiger charge is -2.05. The van der Waals surface area contributed by atoms with Crippen molar-refractivity contribution in [3.05, 3.63) is 80.5 Å². The second kappa shape index (κ2) is 8.74. The summed E-state index contributed by atoms with van der Waals surface area (Å²) in [7, 11) is -3.88. The van der Waals surface area contributed by atoms with E-state index in [1.807, 2.05) is 0 Å². The maximum Gasteiger partial charge on any atom is 0.353 e. The predicted octanol–water partition coefficient (Wildman–Crippen LogP) is 4.59. The number of thiophene rings is 1. The molecule has 0 aliphatic carbocycles. The molecule has 2 aromatic carbocycles. The monoisotopic (exact) mass is 454 g/mol. The number of ether oxygens (including phenoxy) is 1. The SMILES string of the molecule is O=C(Oc1ccc(/C=N/NS(=O)(=O)c2ccc(Cl)c(Cl)c2)cc1)c1cccs1. The predicted molar refractivity (Wildman–Crippen MR) is 110 cm³/mol. The lowest BCUT2D eigenvalue weighted by atomic mass is 10.2. The number of carbonyl (C=O) groups is 1. The number of esters is 1. The summed E-state index contributed by atoms with van der Waals surface area (Å²) in [5.74, 6) is -0.0715. The number of nitrogens with zero attached hydrogens (tertiary/aromatic N) is 1. The van der Waals surface area contributed by atoms with Crippen LogP contribution in [0, 0.1) is 0 Å². The molecule has 6 nitrogen and oxygen atoms in total. The molecule has 10 heteroatoms. The van der Waals surface area contributed by atoms with E-state index in [1.54, 1.807) is 41.8 Å². The number of halogens is 2. The maximum atomic E-state index is 12.2. The summed E-state index contributed by atoms with van der Waals surface area (Å²) in [5, 5.41) is 5.89. The summed E-state index contributed by atoms with van der Waals surface area (Å²) in [5.41, 5.74) is 0.604. The van der Waals surface area contributed by atoms with Crippen LogP contribution in [0.3, 0.4) is 0 Å². The van der Waals surface area contributed by atoms with E-state index >= 15 is 0 Å². The highest BCUT2D eigenvalue weighted by atomic mass is 35.5. The minimum atomic E-state index is -3.88. The van der Waals surface area contributed by atoms with Crippen molar-refractivity contribution in [2.45, 2.75) is 4.90 Å². The quantitative estimate of drug-likeness (QED) is 0.255. The number of rotatable bonds is 6. The van der Waals surface area contributed by atoms with Crippen LogP contribution in [0.25, 0.3) is 0 Å². The van der Waals surface area contributed by atoms with Gasteiger partial charge >= 0.3 is 5.97 Å². The number of benzene rings is 2. The standard InChI is InChI=1S/C18H12Cl2N2O4S2/c19-15-8-7-14(10-16(15)20)28(24,25)22-21-11-12-3-5-13(6-4-12)26-18(23)17-2-1-9-27-17/h1-11,22H/b21-11+. The number of hydrogen-bond acceptors (Lipinski definition) is 6. The second-order valence-corrected chi connectivity index (χ2v) is 8.79. The normalized spacial score (nSPS) is 11.5. The molecule has 0 bridgehead atoms. The molecule has 0 unspecified atom stereocenters. The molecule has 0 aliphatic rings. The van der Waals surface area contributed by atoms with Gasteiger partial charge in [0.25, 0.3) is 10.0 Å². The Bertz CT molecular complexity index is 1110. The third-order valence-electron chi connectivity index (χ3n) is 3.40. The smallest absolute Gasteiger partial charge is 0.353 e. The van der Waals surface area contributed by atoms with Gasteiger partial charge in [-0.2, -0.15) is 13.5 Å². The van der Waals surface area contributed by atoms with Gasteiger partial charge in [0.1, 0.15) is 10.6 Å². The molecule has 0 saturated carbocycles. The Labute approximate surface area is 175 Å². The van der Waals surface area contributed by atoms with Crippen LogP contribution in [0.15, 0.2) is 70.0 Å². The summed E-state index contributed by atoms with van der Waals surface area (Å²) in [6, 6.07) is 13.8. The molecular formula is C18H12Cl2N2O4S2. The van der Waals surface area contributed by atoms with E-state index in [2.05, 4.69) is 9.93 Å². The van der Waals surface area contributed by atoms with Gasteiger partial charge < -0.3 is 4.74 Å². The molecule has 0 atom stereocenters. The minimum Gasteiger partial charge on any atom is -0.422 e. The van der Waals surface area contributed by atoms with Gasteiger partial charge in [-0.05, 0) is 59.5 Å². The molecule has 28 heavy (non-hydrogen) atoms. The first kappa shape index (κ1) is 20.3. The minimum absolute atomic E-state index is 0.0603. The zero-order valence-corrected chi connectivity index (χ0v) is 17.1. The van der Waals surface area contributed by atoms with E-state index in [1.165, 1.54) is 35.8 Å². The molecule has 0 fully saturated rings. The van der Waals surface area contributed by atoms with E-state index in [4.69, 9.17) is 27.9 Å². The Kier molecular flexibility index (Phi) is 6.35. The number of hydrazone groups is 1. The van der Waals surface area contributed by atoms with Crippen molar-refractivity contribution in [3.63, 3.8) is 0 Å². The molecule has 1 N–H and O–H groups in total. The van der Waals surface area contributed by atoms with Gasteiger partial charge in [-0.1, -0.05) is 29.3 Å². The highest BCUT2D eigenvalue weighted by molar-refractivity contribution is 7.89.